The van der Waals surface area contributed by atoms with Crippen LogP contribution < -0.4 is 20.4 Å². The lowest BCUT2D eigenvalue weighted by Crippen LogP contribution is -2.51. The normalized spacial score (nSPS) is 20.4. The van der Waals surface area contributed by atoms with Gasteiger partial charge in [0.2, 0.25) is 17.8 Å². The lowest BCUT2D eigenvalue weighted by atomic mass is 9.90. The molecule has 2 N–H and O–H groups in total. The van der Waals surface area contributed by atoms with Gasteiger partial charge in [-0.3, -0.25) is 29.5 Å². The van der Waals surface area contributed by atoms with Gasteiger partial charge in [0.15, 0.2) is 0 Å². The molecule has 1 atom stereocenters. The third kappa shape index (κ3) is 7.76. The van der Waals surface area contributed by atoms with Gasteiger partial charge in [0, 0.05) is 109 Å². The van der Waals surface area contributed by atoms with E-state index in [-0.39, 0.29) is 29.7 Å². The lowest BCUT2D eigenvalue weighted by Gasteiger charge is -2.39. The Balaban J connectivity index is 0.792. The molecule has 284 valence electrons. The average Bonchev–Trinajstić information content (AvgIpc) is 3.86. The first-order chi connectivity index (χ1) is 26.3. The predicted octanol–water partition coefficient (Wildman–Crippen LogP) is 3.85. The fourth-order valence-corrected chi connectivity index (χ4v) is 8.43. The van der Waals surface area contributed by atoms with Gasteiger partial charge in [0.25, 0.3) is 5.91 Å². The van der Waals surface area contributed by atoms with E-state index in [0.29, 0.717) is 30.3 Å². The van der Waals surface area contributed by atoms with E-state index >= 15 is 0 Å². The third-order valence-corrected chi connectivity index (χ3v) is 11.6. The number of fused-ring (bicyclic) bond motifs is 1. The summed E-state index contributed by atoms with van der Waals surface area (Å²) >= 11 is 0. The summed E-state index contributed by atoms with van der Waals surface area (Å²) in [6.45, 7) is 10.1. The molecule has 1 saturated carbocycles. The van der Waals surface area contributed by atoms with Crippen molar-refractivity contribution in [2.45, 2.75) is 50.5 Å². The number of rotatable bonds is 10. The Hall–Kier alpha value is -5.08. The fraction of sp³-hybridized carbons (Fsp3) is 0.500. The number of nitrogens with zero attached hydrogens (tertiary/aromatic N) is 9. The zero-order valence-corrected chi connectivity index (χ0v) is 31.4. The van der Waals surface area contributed by atoms with Crippen molar-refractivity contribution in [3.63, 3.8) is 0 Å². The molecule has 4 fully saturated rings. The van der Waals surface area contributed by atoms with Gasteiger partial charge in [-0.2, -0.15) is 4.98 Å². The maximum Gasteiger partial charge on any atom is 0.270 e. The summed E-state index contributed by atoms with van der Waals surface area (Å²) in [6.07, 6.45) is 9.12. The Kier molecular flexibility index (Phi) is 10.5. The molecule has 6 heterocycles. The fourth-order valence-electron chi connectivity index (χ4n) is 8.43. The number of hydrogen-bond acceptors (Lipinski definition) is 11. The molecule has 3 aromatic heterocycles. The molecule has 1 unspecified atom stereocenters. The highest BCUT2D eigenvalue weighted by atomic mass is 16.2. The number of nitrogens with one attached hydrogen (secondary N) is 2. The Morgan fingerprint density at radius 3 is 2.07 bits per heavy atom. The van der Waals surface area contributed by atoms with Gasteiger partial charge >= 0.3 is 0 Å². The van der Waals surface area contributed by atoms with Crippen molar-refractivity contribution in [2.75, 3.05) is 94.7 Å². The summed E-state index contributed by atoms with van der Waals surface area (Å²) in [5.41, 5.74) is 4.74. The van der Waals surface area contributed by atoms with Crippen LogP contribution in [0.25, 0.3) is 11.0 Å². The number of piperidine rings is 1. The number of carbonyl (C=O) groups excluding carboxylic acids is 3. The molecule has 54 heavy (non-hydrogen) atoms. The summed E-state index contributed by atoms with van der Waals surface area (Å²) in [6, 6.07) is 14.6. The summed E-state index contributed by atoms with van der Waals surface area (Å²) in [4.78, 5) is 62.5. The largest absolute Gasteiger partial charge is 0.369 e. The molecule has 3 saturated heterocycles. The molecule has 8 rings (SSSR count). The molecule has 0 radical (unpaired) electrons. The van der Waals surface area contributed by atoms with Gasteiger partial charge in [-0.05, 0) is 55.2 Å². The maximum atomic E-state index is 13.1. The minimum atomic E-state index is -0.240. The number of amides is 3. The van der Waals surface area contributed by atoms with Crippen LogP contribution in [0.2, 0.25) is 0 Å². The zero-order chi connectivity index (χ0) is 37.2. The number of anilines is 4. The first-order valence-corrected chi connectivity index (χ1v) is 19.5. The van der Waals surface area contributed by atoms with Crippen molar-refractivity contribution in [1.29, 1.82) is 0 Å². The third-order valence-electron chi connectivity index (χ3n) is 11.6. The highest BCUT2D eigenvalue weighted by molar-refractivity contribution is 6.01. The van der Waals surface area contributed by atoms with E-state index < -0.39 is 0 Å². The van der Waals surface area contributed by atoms with Gasteiger partial charge < -0.3 is 24.6 Å². The van der Waals surface area contributed by atoms with Crippen molar-refractivity contribution in [2.24, 2.45) is 0 Å². The molecular formula is C40H51N11O3. The van der Waals surface area contributed by atoms with E-state index in [1.807, 2.05) is 30.5 Å². The van der Waals surface area contributed by atoms with Gasteiger partial charge in [-0.15, -0.1) is 0 Å². The molecule has 0 spiro atoms. The van der Waals surface area contributed by atoms with Crippen LogP contribution >= 0.6 is 0 Å². The van der Waals surface area contributed by atoms with Crippen molar-refractivity contribution in [3.05, 3.63) is 66.1 Å². The second-order valence-corrected chi connectivity index (χ2v) is 15.3. The molecule has 3 aliphatic heterocycles. The molecule has 0 bridgehead atoms. The van der Waals surface area contributed by atoms with Crippen LogP contribution in [0.15, 0.2) is 54.9 Å². The van der Waals surface area contributed by atoms with Crippen LogP contribution in [-0.4, -0.2) is 131 Å². The number of hydrogen-bond donors (Lipinski definition) is 2. The number of piperazine rings is 2. The average molecular weight is 734 g/mol. The zero-order valence-electron chi connectivity index (χ0n) is 31.4. The monoisotopic (exact) mass is 733 g/mol. The topological polar surface area (TPSA) is 135 Å². The van der Waals surface area contributed by atoms with Crippen molar-refractivity contribution in [3.8, 4) is 0 Å². The summed E-state index contributed by atoms with van der Waals surface area (Å²) < 4.78 is 2.13. The Morgan fingerprint density at radius 2 is 1.46 bits per heavy atom. The number of benzene rings is 1. The Morgan fingerprint density at radius 1 is 0.815 bits per heavy atom. The van der Waals surface area contributed by atoms with Gasteiger partial charge in [0.1, 0.15) is 17.2 Å². The summed E-state index contributed by atoms with van der Waals surface area (Å²) in [5.74, 6) is 0.539. The van der Waals surface area contributed by atoms with Crippen LogP contribution in [-0.2, 0) is 9.59 Å². The van der Waals surface area contributed by atoms with Crippen LogP contribution in [0.4, 0.5) is 23.1 Å². The number of aromatic nitrogens is 4. The van der Waals surface area contributed by atoms with Crippen molar-refractivity contribution >= 4 is 51.9 Å². The van der Waals surface area contributed by atoms with Gasteiger partial charge in [-0.1, -0.05) is 25.0 Å². The standard InChI is InChI=1S/C40H51N11O3/c1-46(2)39(54)34-25-29-26-42-40(45-37(29)51(34)31-5-3-4-6-31)43-35-13-11-32(27-41-35)50-23-19-48(20-24-50)16-15-47-17-21-49(22-18-47)30-9-7-28(8-10-30)33-12-14-36(52)44-38(33)53/h7-11,13,25-27,31,33H,3-6,12,14-24H2,1-2H3,(H,44,52,53)(H,41,42,43,45). The SMILES string of the molecule is CN(C)C(=O)c1cc2cnc(Nc3ccc(N4CCN(CCN5CCN(c6ccc(C7CCC(=O)NC7=O)cc6)CC5)CC4)cn3)nc2n1C1CCCC1. The van der Waals surface area contributed by atoms with E-state index in [0.717, 1.165) is 113 Å². The molecular weight excluding hydrogens is 683 g/mol. The van der Waals surface area contributed by atoms with E-state index in [1.54, 1.807) is 25.2 Å². The number of imide groups is 1. The maximum absolute atomic E-state index is 13.1. The minimum absolute atomic E-state index is 0.0169. The van der Waals surface area contributed by atoms with E-state index in [4.69, 9.17) is 9.97 Å². The van der Waals surface area contributed by atoms with E-state index in [9.17, 15) is 14.4 Å². The van der Waals surface area contributed by atoms with E-state index in [1.165, 1.54) is 5.69 Å². The molecule has 1 aromatic carbocycles. The van der Waals surface area contributed by atoms with Crippen LogP contribution in [0.1, 0.15) is 66.5 Å². The second kappa shape index (κ2) is 15.7. The minimum Gasteiger partial charge on any atom is -0.369 e. The number of carbonyl (C=O) groups is 3. The quantitative estimate of drug-likeness (QED) is 0.230. The predicted molar refractivity (Wildman–Crippen MR) is 209 cm³/mol. The Labute approximate surface area is 316 Å². The molecule has 1 aliphatic carbocycles. The molecule has 14 heteroatoms. The first kappa shape index (κ1) is 35.9. The van der Waals surface area contributed by atoms with Crippen LogP contribution in [0.3, 0.4) is 0 Å². The molecule has 14 nitrogen and oxygen atoms in total. The summed E-state index contributed by atoms with van der Waals surface area (Å²) in [5, 5.41) is 6.63. The smallest absolute Gasteiger partial charge is 0.270 e. The first-order valence-electron chi connectivity index (χ1n) is 19.5. The summed E-state index contributed by atoms with van der Waals surface area (Å²) in [7, 11) is 3.57. The molecule has 4 aromatic rings. The van der Waals surface area contributed by atoms with Crippen molar-refractivity contribution < 1.29 is 14.4 Å². The second-order valence-electron chi connectivity index (χ2n) is 15.3. The van der Waals surface area contributed by atoms with E-state index in [2.05, 4.69) is 58.0 Å². The molecule has 3 amide bonds. The number of pyridine rings is 1. The molecule has 4 aliphatic rings. The highest BCUT2D eigenvalue weighted by Gasteiger charge is 2.29. The van der Waals surface area contributed by atoms with Crippen LogP contribution in [0.5, 0.6) is 0 Å². The van der Waals surface area contributed by atoms with Gasteiger partial charge in [0.05, 0.1) is 17.8 Å². The van der Waals surface area contributed by atoms with Crippen LogP contribution in [0, 0.1) is 0 Å². The van der Waals surface area contributed by atoms with Gasteiger partial charge in [-0.25, -0.2) is 9.97 Å². The highest BCUT2D eigenvalue weighted by Crippen LogP contribution is 2.35. The Bertz CT molecular complexity index is 1960. The van der Waals surface area contributed by atoms with Crippen molar-refractivity contribution in [1.82, 2.24) is 39.5 Å². The lowest BCUT2D eigenvalue weighted by molar-refractivity contribution is -0.134.